The number of rotatable bonds is 8. The number of nitrogens with zero attached hydrogens (tertiary/aromatic N) is 2. The van der Waals surface area contributed by atoms with Crippen molar-refractivity contribution < 1.29 is 21.6 Å². The van der Waals surface area contributed by atoms with E-state index in [-0.39, 0.29) is 13.1 Å². The number of hydrogen-bond donors (Lipinski definition) is 0. The molecule has 8 heteroatoms. The van der Waals surface area contributed by atoms with Gasteiger partial charge in [0.15, 0.2) is 6.67 Å². The number of hydrogen-bond acceptors (Lipinski definition) is 3. The van der Waals surface area contributed by atoms with Crippen molar-refractivity contribution >= 4 is 10.0 Å². The van der Waals surface area contributed by atoms with E-state index in [0.29, 0.717) is 12.8 Å². The fourth-order valence-corrected chi connectivity index (χ4v) is 3.76. The maximum absolute atomic E-state index is 13.6. The van der Waals surface area contributed by atoms with Gasteiger partial charge in [0.05, 0.1) is 0 Å². The largest absolute Gasteiger partial charge is 0.302 e. The summed E-state index contributed by atoms with van der Waals surface area (Å²) < 4.78 is 66.0. The van der Waals surface area contributed by atoms with E-state index in [4.69, 9.17) is 0 Å². The summed E-state index contributed by atoms with van der Waals surface area (Å²) in [5, 5.41) is 0. The van der Waals surface area contributed by atoms with E-state index in [0.717, 1.165) is 22.8 Å². The summed E-state index contributed by atoms with van der Waals surface area (Å²) in [5.74, 6) is -3.85. The van der Waals surface area contributed by atoms with E-state index in [2.05, 4.69) is 4.98 Å². The van der Waals surface area contributed by atoms with Crippen LogP contribution in [0, 0.1) is 0 Å². The predicted octanol–water partition coefficient (Wildman–Crippen LogP) is 2.95. The van der Waals surface area contributed by atoms with Crippen LogP contribution in [-0.2, 0) is 15.9 Å². The van der Waals surface area contributed by atoms with Gasteiger partial charge in [-0.3, -0.25) is 4.98 Å². The zero-order valence-corrected chi connectivity index (χ0v) is 12.8. The summed E-state index contributed by atoms with van der Waals surface area (Å²) in [6.07, 6.45) is 2.98. The van der Waals surface area contributed by atoms with Gasteiger partial charge >= 0.3 is 5.92 Å². The lowest BCUT2D eigenvalue weighted by molar-refractivity contribution is -0.0308. The third kappa shape index (κ3) is 3.94. The van der Waals surface area contributed by atoms with Crippen LogP contribution in [-0.4, -0.2) is 37.5 Å². The second kappa shape index (κ2) is 7.22. The van der Waals surface area contributed by atoms with Crippen LogP contribution in [0.15, 0.2) is 23.4 Å². The van der Waals surface area contributed by atoms with E-state index in [1.165, 1.54) is 0 Å². The van der Waals surface area contributed by atoms with Crippen molar-refractivity contribution in [3.8, 4) is 0 Å². The number of aromatic nitrogens is 1. The zero-order valence-electron chi connectivity index (χ0n) is 12.0. The first kappa shape index (κ1) is 17.9. The fourth-order valence-electron chi connectivity index (χ4n) is 1.95. The molecule has 0 radical (unpaired) electrons. The minimum Gasteiger partial charge on any atom is -0.263 e. The Bertz CT molecular complexity index is 558. The van der Waals surface area contributed by atoms with Gasteiger partial charge in [0.1, 0.15) is 4.90 Å². The molecular formula is C13H19F3N2O2S. The molecule has 21 heavy (non-hydrogen) atoms. The Morgan fingerprint density at radius 3 is 2.29 bits per heavy atom. The van der Waals surface area contributed by atoms with Crippen molar-refractivity contribution in [1.82, 2.24) is 9.29 Å². The van der Waals surface area contributed by atoms with Crippen LogP contribution in [0.25, 0.3) is 0 Å². The molecule has 0 aromatic carbocycles. The van der Waals surface area contributed by atoms with Crippen LogP contribution in [0.3, 0.4) is 0 Å². The summed E-state index contributed by atoms with van der Waals surface area (Å²) >= 11 is 0. The molecule has 0 bridgehead atoms. The molecule has 0 saturated heterocycles. The van der Waals surface area contributed by atoms with Crippen molar-refractivity contribution in [3.05, 3.63) is 24.0 Å². The zero-order chi connectivity index (χ0) is 16.1. The molecule has 0 amide bonds. The molecule has 0 aliphatic heterocycles. The lowest BCUT2D eigenvalue weighted by atomic mass is 10.1. The number of alkyl halides is 3. The minimum atomic E-state index is -4.13. The summed E-state index contributed by atoms with van der Waals surface area (Å²) in [5.41, 5.74) is -0.850. The molecule has 1 aromatic rings. The maximum atomic E-state index is 13.6. The molecule has 4 nitrogen and oxygen atoms in total. The summed E-state index contributed by atoms with van der Waals surface area (Å²) in [7, 11) is -4.13. The predicted molar refractivity (Wildman–Crippen MR) is 73.4 cm³/mol. The third-order valence-corrected chi connectivity index (χ3v) is 4.84. The van der Waals surface area contributed by atoms with Gasteiger partial charge in [0.2, 0.25) is 10.0 Å². The summed E-state index contributed by atoms with van der Waals surface area (Å²) in [6, 6.07) is 0.850. The molecule has 0 fully saturated rings. The Hall–Kier alpha value is -1.15. The lowest BCUT2D eigenvalue weighted by Gasteiger charge is -2.24. The van der Waals surface area contributed by atoms with Gasteiger partial charge in [0, 0.05) is 31.0 Å². The highest BCUT2D eigenvalue weighted by atomic mass is 32.2. The van der Waals surface area contributed by atoms with Crippen LogP contribution in [0.5, 0.6) is 0 Å². The first-order valence-electron chi connectivity index (χ1n) is 6.69. The van der Waals surface area contributed by atoms with Crippen molar-refractivity contribution in [2.75, 3.05) is 19.8 Å². The van der Waals surface area contributed by atoms with Gasteiger partial charge in [-0.05, 0) is 18.9 Å². The van der Waals surface area contributed by atoms with Crippen LogP contribution in [0.4, 0.5) is 13.2 Å². The molecule has 0 saturated carbocycles. The van der Waals surface area contributed by atoms with Crippen molar-refractivity contribution in [3.63, 3.8) is 0 Å². The first-order chi connectivity index (χ1) is 9.81. The molecule has 0 spiro atoms. The smallest absolute Gasteiger partial charge is 0.263 e. The molecule has 0 aliphatic carbocycles. The van der Waals surface area contributed by atoms with E-state index in [1.807, 2.05) is 0 Å². The average Bonchev–Trinajstić information content (AvgIpc) is 2.47. The Kier molecular flexibility index (Phi) is 6.15. The molecule has 1 heterocycles. The van der Waals surface area contributed by atoms with Gasteiger partial charge < -0.3 is 0 Å². The first-order valence-corrected chi connectivity index (χ1v) is 8.13. The Balaban J connectivity index is 3.37. The Morgan fingerprint density at radius 2 is 1.81 bits per heavy atom. The maximum Gasteiger partial charge on any atom is 0.302 e. The molecule has 0 aliphatic rings. The normalized spacial score (nSPS) is 12.9. The minimum absolute atomic E-state index is 0.214. The monoisotopic (exact) mass is 324 g/mol. The third-order valence-electron chi connectivity index (χ3n) is 2.91. The van der Waals surface area contributed by atoms with Crippen LogP contribution < -0.4 is 0 Å². The highest BCUT2D eigenvalue weighted by Gasteiger charge is 2.39. The molecular weight excluding hydrogens is 305 g/mol. The fraction of sp³-hybridized carbons (Fsp3) is 0.615. The summed E-state index contributed by atoms with van der Waals surface area (Å²) in [6.45, 7) is 2.05. The van der Waals surface area contributed by atoms with Crippen molar-refractivity contribution in [2.45, 2.75) is 37.5 Å². The van der Waals surface area contributed by atoms with E-state index >= 15 is 0 Å². The lowest BCUT2D eigenvalue weighted by Crippen LogP contribution is -2.34. The molecule has 1 aromatic heterocycles. The Morgan fingerprint density at radius 1 is 1.24 bits per heavy atom. The van der Waals surface area contributed by atoms with E-state index in [1.54, 1.807) is 13.8 Å². The second-order valence-corrected chi connectivity index (χ2v) is 6.52. The summed E-state index contributed by atoms with van der Waals surface area (Å²) in [4.78, 5) is 2.97. The van der Waals surface area contributed by atoms with Crippen molar-refractivity contribution in [2.24, 2.45) is 0 Å². The number of pyridine rings is 1. The molecule has 0 unspecified atom stereocenters. The highest BCUT2D eigenvalue weighted by molar-refractivity contribution is 7.89. The average molecular weight is 324 g/mol. The quantitative estimate of drug-likeness (QED) is 0.739. The van der Waals surface area contributed by atoms with Gasteiger partial charge in [-0.15, -0.1) is 0 Å². The van der Waals surface area contributed by atoms with Gasteiger partial charge in [0.25, 0.3) is 0 Å². The highest BCUT2D eigenvalue weighted by Crippen LogP contribution is 2.34. The van der Waals surface area contributed by atoms with Gasteiger partial charge in [-0.1, -0.05) is 13.8 Å². The van der Waals surface area contributed by atoms with E-state index in [9.17, 15) is 21.6 Å². The molecule has 0 N–H and O–H groups in total. The van der Waals surface area contributed by atoms with Crippen LogP contribution >= 0.6 is 0 Å². The molecule has 0 atom stereocenters. The molecule has 120 valence electrons. The van der Waals surface area contributed by atoms with Crippen LogP contribution in [0.1, 0.15) is 32.3 Å². The van der Waals surface area contributed by atoms with Gasteiger partial charge in [-0.2, -0.15) is 13.1 Å². The number of halogens is 3. The van der Waals surface area contributed by atoms with E-state index < -0.39 is 33.1 Å². The topological polar surface area (TPSA) is 50.3 Å². The SMILES string of the molecule is CCCN(CCC)S(=O)(=O)c1cnccc1C(F)(F)CF. The number of sulfonamides is 1. The standard InChI is InChI=1S/C13H19F3N2O2S/c1-3-7-18(8-4-2)21(19,20)12-9-17-6-5-11(12)13(15,16)10-14/h5-6,9H,3-4,7-8,10H2,1-2H3. The second-order valence-electron chi connectivity index (χ2n) is 4.61. The Labute approximate surface area is 123 Å². The van der Waals surface area contributed by atoms with Crippen LogP contribution in [0.2, 0.25) is 0 Å². The molecule has 1 rings (SSSR count). The van der Waals surface area contributed by atoms with Crippen molar-refractivity contribution in [1.29, 1.82) is 0 Å². The van der Waals surface area contributed by atoms with Gasteiger partial charge in [-0.25, -0.2) is 12.8 Å².